The van der Waals surface area contributed by atoms with E-state index in [0.717, 1.165) is 29.7 Å². The van der Waals surface area contributed by atoms with E-state index in [1.807, 2.05) is 36.9 Å². The molecule has 1 saturated heterocycles. The number of carbonyl (C=O) groups excluding carboxylic acids is 1. The highest BCUT2D eigenvalue weighted by Gasteiger charge is 2.26. The van der Waals surface area contributed by atoms with E-state index in [9.17, 15) is 9.18 Å². The van der Waals surface area contributed by atoms with Crippen LogP contribution < -0.4 is 4.74 Å². The fraction of sp³-hybridized carbons (Fsp3) is 0.364. The average molecular weight is 381 g/mol. The zero-order chi connectivity index (χ0) is 19.7. The highest BCUT2D eigenvalue weighted by Crippen LogP contribution is 2.30. The Kier molecular flexibility index (Phi) is 5.03. The molecule has 0 aliphatic carbocycles. The van der Waals surface area contributed by atoms with Gasteiger partial charge >= 0.3 is 0 Å². The number of aryl methyl sites for hydroxylation is 1. The highest BCUT2D eigenvalue weighted by molar-refractivity contribution is 5.94. The molecule has 1 aliphatic rings. The van der Waals surface area contributed by atoms with Crippen molar-refractivity contribution in [2.75, 3.05) is 19.7 Å². The lowest BCUT2D eigenvalue weighted by Gasteiger charge is -2.33. The van der Waals surface area contributed by atoms with Gasteiger partial charge in [-0.15, -0.1) is 0 Å². The number of ether oxygens (including phenoxy) is 1. The Labute approximate surface area is 163 Å². The number of benzene rings is 2. The minimum atomic E-state index is -0.254. The third kappa shape index (κ3) is 3.46. The van der Waals surface area contributed by atoms with Gasteiger partial charge in [-0.25, -0.2) is 9.37 Å². The predicted molar refractivity (Wildman–Crippen MR) is 106 cm³/mol. The summed E-state index contributed by atoms with van der Waals surface area (Å²) in [6.45, 7) is 5.77. The second-order valence-corrected chi connectivity index (χ2v) is 7.15. The first kappa shape index (κ1) is 18.5. The fourth-order valence-corrected chi connectivity index (χ4v) is 4.04. The summed E-state index contributed by atoms with van der Waals surface area (Å²) in [6, 6.07) is 12.3. The van der Waals surface area contributed by atoms with Crippen LogP contribution >= 0.6 is 0 Å². The van der Waals surface area contributed by atoms with Crippen LogP contribution in [-0.2, 0) is 0 Å². The number of imidazole rings is 1. The van der Waals surface area contributed by atoms with E-state index in [1.54, 1.807) is 18.2 Å². The predicted octanol–water partition coefficient (Wildman–Crippen LogP) is 4.36. The number of likely N-dealkylation sites (tertiary alicyclic amines) is 1. The van der Waals surface area contributed by atoms with E-state index in [-0.39, 0.29) is 17.8 Å². The van der Waals surface area contributed by atoms with Crippen molar-refractivity contribution in [3.63, 3.8) is 0 Å². The van der Waals surface area contributed by atoms with E-state index in [4.69, 9.17) is 4.74 Å². The Bertz CT molecular complexity index is 1010. The summed E-state index contributed by atoms with van der Waals surface area (Å²) in [5.74, 6) is 1.37. The molecule has 0 unspecified atom stereocenters. The molecule has 3 aromatic rings. The molecule has 2 heterocycles. The lowest BCUT2D eigenvalue weighted by molar-refractivity contribution is 0.0695. The van der Waals surface area contributed by atoms with Crippen LogP contribution in [0.1, 0.15) is 42.0 Å². The smallest absolute Gasteiger partial charge is 0.253 e. The van der Waals surface area contributed by atoms with Crippen LogP contribution in [0.2, 0.25) is 0 Å². The largest absolute Gasteiger partial charge is 0.494 e. The van der Waals surface area contributed by atoms with Crippen LogP contribution in [0, 0.1) is 12.7 Å². The van der Waals surface area contributed by atoms with Gasteiger partial charge in [0, 0.05) is 24.7 Å². The molecule has 1 aliphatic heterocycles. The number of carbonyl (C=O) groups is 1. The number of piperidine rings is 1. The molecule has 4 rings (SSSR count). The van der Waals surface area contributed by atoms with Crippen molar-refractivity contribution < 1.29 is 13.9 Å². The van der Waals surface area contributed by atoms with Crippen molar-refractivity contribution in [1.29, 1.82) is 0 Å². The van der Waals surface area contributed by atoms with Gasteiger partial charge in [0.25, 0.3) is 5.91 Å². The number of halogens is 1. The lowest BCUT2D eigenvalue weighted by Crippen LogP contribution is -2.39. The molecule has 5 nitrogen and oxygen atoms in total. The minimum Gasteiger partial charge on any atom is -0.494 e. The van der Waals surface area contributed by atoms with Crippen LogP contribution in [0.4, 0.5) is 4.39 Å². The highest BCUT2D eigenvalue weighted by atomic mass is 19.1. The molecule has 0 atom stereocenters. The molecule has 146 valence electrons. The zero-order valence-electron chi connectivity index (χ0n) is 16.2. The summed E-state index contributed by atoms with van der Waals surface area (Å²) >= 11 is 0. The van der Waals surface area contributed by atoms with Gasteiger partial charge in [-0.1, -0.05) is 6.07 Å². The van der Waals surface area contributed by atoms with Gasteiger partial charge in [0.15, 0.2) is 0 Å². The van der Waals surface area contributed by atoms with Gasteiger partial charge in [-0.05, 0) is 63.1 Å². The van der Waals surface area contributed by atoms with Crippen LogP contribution in [0.5, 0.6) is 5.75 Å². The molecule has 2 aromatic carbocycles. The van der Waals surface area contributed by atoms with E-state index in [2.05, 4.69) is 9.55 Å². The van der Waals surface area contributed by atoms with Crippen LogP contribution in [0.3, 0.4) is 0 Å². The maximum absolute atomic E-state index is 13.7. The normalized spacial score (nSPS) is 15.2. The number of nitrogens with zero attached hydrogens (tertiary/aromatic N) is 3. The average Bonchev–Trinajstić information content (AvgIpc) is 3.03. The molecule has 1 amide bonds. The molecule has 1 aromatic heterocycles. The molecule has 0 bridgehead atoms. The summed E-state index contributed by atoms with van der Waals surface area (Å²) in [7, 11) is 0. The zero-order valence-corrected chi connectivity index (χ0v) is 16.2. The van der Waals surface area contributed by atoms with Gasteiger partial charge < -0.3 is 14.2 Å². The monoisotopic (exact) mass is 381 g/mol. The van der Waals surface area contributed by atoms with Crippen molar-refractivity contribution in [3.05, 3.63) is 59.7 Å². The van der Waals surface area contributed by atoms with Gasteiger partial charge in [-0.2, -0.15) is 0 Å². The van der Waals surface area contributed by atoms with Gasteiger partial charge in [-0.3, -0.25) is 4.79 Å². The Balaban J connectivity index is 1.49. The quantitative estimate of drug-likeness (QED) is 0.675. The summed E-state index contributed by atoms with van der Waals surface area (Å²) in [6.07, 6.45) is 1.64. The second-order valence-electron chi connectivity index (χ2n) is 7.15. The van der Waals surface area contributed by atoms with Crippen LogP contribution in [0.25, 0.3) is 11.0 Å². The molecule has 0 spiro atoms. The maximum Gasteiger partial charge on any atom is 0.253 e. The Morgan fingerprint density at radius 2 is 2.00 bits per heavy atom. The van der Waals surface area contributed by atoms with Crippen molar-refractivity contribution in [2.24, 2.45) is 0 Å². The van der Waals surface area contributed by atoms with Crippen molar-refractivity contribution >= 4 is 16.9 Å². The summed E-state index contributed by atoms with van der Waals surface area (Å²) in [5.41, 5.74) is 2.28. The standard InChI is InChI=1S/C22H24FN3O2/c1-3-28-19-6-4-5-16(13-19)22(27)25-11-9-18(10-12-25)26-15(2)24-20-8-7-17(23)14-21(20)26/h4-8,13-14,18H,3,9-12H2,1-2H3. The number of amides is 1. The molecular weight excluding hydrogens is 357 g/mol. The topological polar surface area (TPSA) is 47.4 Å². The van der Waals surface area contributed by atoms with Gasteiger partial charge in [0.1, 0.15) is 17.4 Å². The first-order valence-corrected chi connectivity index (χ1v) is 9.73. The van der Waals surface area contributed by atoms with Gasteiger partial charge in [0.05, 0.1) is 17.6 Å². The lowest BCUT2D eigenvalue weighted by atomic mass is 10.0. The number of hydrogen-bond donors (Lipinski definition) is 0. The van der Waals surface area contributed by atoms with Crippen molar-refractivity contribution in [3.8, 4) is 5.75 Å². The SMILES string of the molecule is CCOc1cccc(C(=O)N2CCC(n3c(C)nc4ccc(F)cc43)CC2)c1. The first-order chi connectivity index (χ1) is 13.6. The molecule has 1 fully saturated rings. The Morgan fingerprint density at radius 1 is 1.21 bits per heavy atom. The molecule has 0 radical (unpaired) electrons. The van der Waals surface area contributed by atoms with Crippen LogP contribution in [0.15, 0.2) is 42.5 Å². The maximum atomic E-state index is 13.7. The van der Waals surface area contributed by atoms with E-state index in [1.165, 1.54) is 6.07 Å². The fourth-order valence-electron chi connectivity index (χ4n) is 4.04. The van der Waals surface area contributed by atoms with E-state index < -0.39 is 0 Å². The summed E-state index contributed by atoms with van der Waals surface area (Å²) < 4.78 is 21.4. The number of rotatable bonds is 4. The Morgan fingerprint density at radius 3 is 2.75 bits per heavy atom. The third-order valence-corrected chi connectivity index (χ3v) is 5.34. The van der Waals surface area contributed by atoms with E-state index in [0.29, 0.717) is 31.0 Å². The van der Waals surface area contributed by atoms with E-state index >= 15 is 0 Å². The number of aromatic nitrogens is 2. The molecule has 0 saturated carbocycles. The Hall–Kier alpha value is -2.89. The molecule has 0 N–H and O–H groups in total. The van der Waals surface area contributed by atoms with Crippen molar-refractivity contribution in [2.45, 2.75) is 32.7 Å². The molecule has 6 heteroatoms. The minimum absolute atomic E-state index is 0.0262. The summed E-state index contributed by atoms with van der Waals surface area (Å²) in [4.78, 5) is 19.3. The molecule has 28 heavy (non-hydrogen) atoms. The first-order valence-electron chi connectivity index (χ1n) is 9.73. The third-order valence-electron chi connectivity index (χ3n) is 5.34. The van der Waals surface area contributed by atoms with Crippen LogP contribution in [-0.4, -0.2) is 40.1 Å². The summed E-state index contributed by atoms with van der Waals surface area (Å²) in [5, 5.41) is 0. The number of fused-ring (bicyclic) bond motifs is 1. The second kappa shape index (κ2) is 7.62. The van der Waals surface area contributed by atoms with Crippen molar-refractivity contribution in [1.82, 2.24) is 14.5 Å². The van der Waals surface area contributed by atoms with Gasteiger partial charge in [0.2, 0.25) is 0 Å². The number of hydrogen-bond acceptors (Lipinski definition) is 3. The molecular formula is C22H24FN3O2.